The van der Waals surface area contributed by atoms with Crippen LogP contribution in [0.25, 0.3) is 0 Å². The van der Waals surface area contributed by atoms with Crippen LogP contribution < -0.4 is 10.1 Å². The third-order valence-electron chi connectivity index (χ3n) is 2.12. The lowest BCUT2D eigenvalue weighted by molar-refractivity contribution is -0.115. The lowest BCUT2D eigenvalue weighted by Crippen LogP contribution is -2.22. The van der Waals surface area contributed by atoms with Crippen LogP contribution in [-0.2, 0) is 4.79 Å². The number of amides is 1. The summed E-state index contributed by atoms with van der Waals surface area (Å²) in [5, 5.41) is 11.0. The summed E-state index contributed by atoms with van der Waals surface area (Å²) in [4.78, 5) is 11.7. The van der Waals surface area contributed by atoms with Crippen molar-refractivity contribution in [3.63, 3.8) is 0 Å². The third-order valence-corrected chi connectivity index (χ3v) is 3.13. The first-order valence-corrected chi connectivity index (χ1v) is 6.15. The van der Waals surface area contributed by atoms with Crippen LogP contribution >= 0.6 is 11.8 Å². The van der Waals surface area contributed by atoms with Gasteiger partial charge in [0, 0.05) is 5.69 Å². The first-order chi connectivity index (χ1) is 8.17. The van der Waals surface area contributed by atoms with Crippen LogP contribution in [0.2, 0.25) is 0 Å². The van der Waals surface area contributed by atoms with Crippen LogP contribution in [0.15, 0.2) is 24.3 Å². The second-order valence-corrected chi connectivity index (χ2v) is 4.66. The molecular formula is C12H14N2O2S. The molecule has 5 heteroatoms. The molecule has 1 unspecified atom stereocenters. The van der Waals surface area contributed by atoms with Gasteiger partial charge in [-0.1, -0.05) is 0 Å². The maximum atomic E-state index is 11.7. The SMILES string of the molecule is COc1ccc(NC(=O)C(C)SCC#N)cc1. The van der Waals surface area contributed by atoms with Gasteiger partial charge in [-0.3, -0.25) is 4.79 Å². The number of hydrogen-bond acceptors (Lipinski definition) is 4. The van der Waals surface area contributed by atoms with Gasteiger partial charge in [-0.15, -0.1) is 11.8 Å². The number of benzene rings is 1. The van der Waals surface area contributed by atoms with Crippen LogP contribution in [0.1, 0.15) is 6.92 Å². The van der Waals surface area contributed by atoms with Gasteiger partial charge in [0.1, 0.15) is 5.75 Å². The molecule has 0 heterocycles. The van der Waals surface area contributed by atoms with E-state index in [-0.39, 0.29) is 11.2 Å². The Hall–Kier alpha value is -1.67. The van der Waals surface area contributed by atoms with Crippen molar-refractivity contribution in [3.05, 3.63) is 24.3 Å². The molecule has 0 fully saturated rings. The molecule has 0 aliphatic carbocycles. The quantitative estimate of drug-likeness (QED) is 0.870. The summed E-state index contributed by atoms with van der Waals surface area (Å²) in [7, 11) is 1.59. The van der Waals surface area contributed by atoms with Gasteiger partial charge in [0.25, 0.3) is 0 Å². The summed E-state index contributed by atoms with van der Waals surface area (Å²) in [6, 6.07) is 9.11. The van der Waals surface area contributed by atoms with Gasteiger partial charge in [-0.25, -0.2) is 0 Å². The molecule has 1 aromatic rings. The molecule has 1 rings (SSSR count). The Labute approximate surface area is 105 Å². The fourth-order valence-electron chi connectivity index (χ4n) is 1.16. The molecule has 0 aliphatic rings. The molecule has 0 aliphatic heterocycles. The number of methoxy groups -OCH3 is 1. The Balaban J connectivity index is 2.52. The van der Waals surface area contributed by atoms with Gasteiger partial charge in [0.2, 0.25) is 5.91 Å². The molecule has 0 saturated carbocycles. The van der Waals surface area contributed by atoms with Crippen LogP contribution in [-0.4, -0.2) is 24.0 Å². The molecule has 1 aromatic carbocycles. The van der Waals surface area contributed by atoms with E-state index >= 15 is 0 Å². The molecule has 0 aromatic heterocycles. The Morgan fingerprint density at radius 3 is 2.71 bits per heavy atom. The molecule has 0 spiro atoms. The van der Waals surface area contributed by atoms with Crippen LogP contribution in [0.4, 0.5) is 5.69 Å². The summed E-state index contributed by atoms with van der Waals surface area (Å²) in [6.45, 7) is 1.78. The van der Waals surface area contributed by atoms with E-state index in [1.165, 1.54) is 11.8 Å². The monoisotopic (exact) mass is 250 g/mol. The number of nitriles is 1. The van der Waals surface area contributed by atoms with E-state index in [2.05, 4.69) is 5.32 Å². The largest absolute Gasteiger partial charge is 0.497 e. The topological polar surface area (TPSA) is 62.1 Å². The first-order valence-electron chi connectivity index (χ1n) is 5.11. The highest BCUT2D eigenvalue weighted by atomic mass is 32.2. The number of carbonyl (C=O) groups is 1. The summed E-state index contributed by atoms with van der Waals surface area (Å²) in [5.41, 5.74) is 0.722. The van der Waals surface area contributed by atoms with Crippen LogP contribution in [0, 0.1) is 11.3 Å². The summed E-state index contributed by atoms with van der Waals surface area (Å²) >= 11 is 1.31. The van der Waals surface area contributed by atoms with Crippen molar-refractivity contribution in [1.29, 1.82) is 5.26 Å². The highest BCUT2D eigenvalue weighted by Gasteiger charge is 2.12. The number of anilines is 1. The van der Waals surface area contributed by atoms with Gasteiger partial charge in [-0.05, 0) is 31.2 Å². The first kappa shape index (κ1) is 13.4. The van der Waals surface area contributed by atoms with E-state index in [0.29, 0.717) is 5.75 Å². The fourth-order valence-corrected chi connectivity index (χ4v) is 1.69. The van der Waals surface area contributed by atoms with Crippen molar-refractivity contribution in [1.82, 2.24) is 0 Å². The normalized spacial score (nSPS) is 11.4. The average molecular weight is 250 g/mol. The Bertz CT molecular complexity index is 412. The molecule has 0 bridgehead atoms. The zero-order chi connectivity index (χ0) is 12.7. The number of thioether (sulfide) groups is 1. The highest BCUT2D eigenvalue weighted by molar-refractivity contribution is 8.00. The van der Waals surface area contributed by atoms with Gasteiger partial charge in [0.15, 0.2) is 0 Å². The number of rotatable bonds is 5. The van der Waals surface area contributed by atoms with Crippen LogP contribution in [0.5, 0.6) is 5.75 Å². The predicted molar refractivity (Wildman–Crippen MR) is 69.2 cm³/mol. The van der Waals surface area contributed by atoms with Crippen molar-refractivity contribution in [3.8, 4) is 11.8 Å². The van der Waals surface area contributed by atoms with Crippen molar-refractivity contribution in [2.24, 2.45) is 0 Å². The summed E-state index contributed by atoms with van der Waals surface area (Å²) < 4.78 is 5.02. The lowest BCUT2D eigenvalue weighted by Gasteiger charge is -2.10. The maximum Gasteiger partial charge on any atom is 0.237 e. The minimum atomic E-state index is -0.239. The molecular weight excluding hydrogens is 236 g/mol. The zero-order valence-electron chi connectivity index (χ0n) is 9.77. The molecule has 1 N–H and O–H groups in total. The van der Waals surface area contributed by atoms with Crippen LogP contribution in [0.3, 0.4) is 0 Å². The van der Waals surface area contributed by atoms with Gasteiger partial charge in [0.05, 0.1) is 24.2 Å². The Morgan fingerprint density at radius 2 is 2.18 bits per heavy atom. The summed E-state index contributed by atoms with van der Waals surface area (Å²) in [6.07, 6.45) is 0. The van der Waals surface area contributed by atoms with E-state index in [9.17, 15) is 4.79 Å². The highest BCUT2D eigenvalue weighted by Crippen LogP contribution is 2.17. The zero-order valence-corrected chi connectivity index (χ0v) is 10.6. The number of nitrogens with zero attached hydrogens (tertiary/aromatic N) is 1. The summed E-state index contributed by atoms with van der Waals surface area (Å²) in [5.74, 6) is 0.960. The van der Waals surface area contributed by atoms with Crippen molar-refractivity contribution >= 4 is 23.4 Å². The molecule has 4 nitrogen and oxygen atoms in total. The third kappa shape index (κ3) is 4.37. The number of nitrogens with one attached hydrogen (secondary N) is 1. The van der Waals surface area contributed by atoms with Crippen molar-refractivity contribution in [2.45, 2.75) is 12.2 Å². The fraction of sp³-hybridized carbons (Fsp3) is 0.333. The Morgan fingerprint density at radius 1 is 1.53 bits per heavy atom. The van der Waals surface area contributed by atoms with E-state index in [1.807, 2.05) is 6.07 Å². The van der Waals surface area contributed by atoms with E-state index in [4.69, 9.17) is 10.00 Å². The average Bonchev–Trinajstić information content (AvgIpc) is 2.36. The standard InChI is InChI=1S/C12H14N2O2S/c1-9(17-8-7-13)12(15)14-10-3-5-11(16-2)6-4-10/h3-6,9H,8H2,1-2H3,(H,14,15). The predicted octanol–water partition coefficient (Wildman–Crippen LogP) is 2.28. The molecule has 90 valence electrons. The number of hydrogen-bond donors (Lipinski definition) is 1. The smallest absolute Gasteiger partial charge is 0.237 e. The van der Waals surface area contributed by atoms with Crippen molar-refractivity contribution in [2.75, 3.05) is 18.2 Å². The minimum absolute atomic E-state index is 0.101. The lowest BCUT2D eigenvalue weighted by atomic mass is 10.3. The minimum Gasteiger partial charge on any atom is -0.497 e. The maximum absolute atomic E-state index is 11.7. The molecule has 0 radical (unpaired) electrons. The van der Waals surface area contributed by atoms with Gasteiger partial charge in [-0.2, -0.15) is 5.26 Å². The molecule has 17 heavy (non-hydrogen) atoms. The second kappa shape index (κ2) is 6.81. The molecule has 1 atom stereocenters. The number of ether oxygens (including phenoxy) is 1. The molecule has 1 amide bonds. The second-order valence-electron chi connectivity index (χ2n) is 3.33. The van der Waals surface area contributed by atoms with E-state index < -0.39 is 0 Å². The van der Waals surface area contributed by atoms with E-state index in [1.54, 1.807) is 38.3 Å². The number of carbonyl (C=O) groups excluding carboxylic acids is 1. The van der Waals surface area contributed by atoms with E-state index in [0.717, 1.165) is 11.4 Å². The molecule has 0 saturated heterocycles. The van der Waals surface area contributed by atoms with Gasteiger partial charge < -0.3 is 10.1 Å². The van der Waals surface area contributed by atoms with Gasteiger partial charge >= 0.3 is 0 Å². The Kier molecular flexibility index (Phi) is 5.37. The van der Waals surface area contributed by atoms with Crippen molar-refractivity contribution < 1.29 is 9.53 Å².